The van der Waals surface area contributed by atoms with Gasteiger partial charge in [-0.05, 0) is 49.4 Å². The zero-order valence-corrected chi connectivity index (χ0v) is 15.2. The van der Waals surface area contributed by atoms with Crippen LogP contribution in [0.25, 0.3) is 0 Å². The van der Waals surface area contributed by atoms with Crippen LogP contribution in [0.3, 0.4) is 0 Å². The molecule has 7 nitrogen and oxygen atoms in total. The highest BCUT2D eigenvalue weighted by Gasteiger charge is 2.18. The number of anilines is 1. The number of hydrogen-bond donors (Lipinski definition) is 2. The first-order chi connectivity index (χ1) is 12.4. The summed E-state index contributed by atoms with van der Waals surface area (Å²) in [5, 5.41) is 11.6. The Morgan fingerprint density at radius 2 is 1.92 bits per heavy atom. The van der Waals surface area contributed by atoms with E-state index in [0.717, 1.165) is 0 Å². The molecule has 0 unspecified atom stereocenters. The maximum absolute atomic E-state index is 12.3. The molecule has 0 aliphatic heterocycles. The third-order valence-electron chi connectivity index (χ3n) is 3.45. The van der Waals surface area contributed by atoms with E-state index in [2.05, 4.69) is 10.0 Å². The molecule has 0 fully saturated rings. The lowest BCUT2D eigenvalue weighted by Crippen LogP contribution is -2.35. The Morgan fingerprint density at radius 1 is 1.23 bits per heavy atom. The Kier molecular flexibility index (Phi) is 6.46. The van der Waals surface area contributed by atoms with Gasteiger partial charge in [0.25, 0.3) is 5.91 Å². The lowest BCUT2D eigenvalue weighted by molar-refractivity contribution is 0.102. The lowest BCUT2D eigenvalue weighted by atomic mass is 10.2. The molecule has 0 aliphatic carbocycles. The topological polar surface area (TPSA) is 108 Å². The number of carbonyl (C=O) groups excluding carboxylic acids is 1. The number of nitriles is 1. The number of nitrogens with one attached hydrogen (secondary N) is 2. The smallest absolute Gasteiger partial charge is 0.255 e. The van der Waals surface area contributed by atoms with Gasteiger partial charge < -0.3 is 10.1 Å². The lowest BCUT2D eigenvalue weighted by Gasteiger charge is -2.13. The van der Waals surface area contributed by atoms with Crippen molar-refractivity contribution in [1.82, 2.24) is 4.72 Å². The Hall–Kier alpha value is -2.73. The van der Waals surface area contributed by atoms with Crippen molar-refractivity contribution >= 4 is 21.6 Å². The van der Waals surface area contributed by atoms with Crippen LogP contribution in [0.4, 0.5) is 5.69 Å². The maximum Gasteiger partial charge on any atom is 0.255 e. The molecule has 0 saturated carbocycles. The van der Waals surface area contributed by atoms with E-state index in [1.807, 2.05) is 6.07 Å². The van der Waals surface area contributed by atoms with Gasteiger partial charge in [0, 0.05) is 24.4 Å². The van der Waals surface area contributed by atoms with E-state index in [-0.39, 0.29) is 17.5 Å². The van der Waals surface area contributed by atoms with Gasteiger partial charge in [-0.25, -0.2) is 13.1 Å². The molecule has 136 valence electrons. The van der Waals surface area contributed by atoms with Gasteiger partial charge in [-0.2, -0.15) is 5.26 Å². The summed E-state index contributed by atoms with van der Waals surface area (Å²) in [6.45, 7) is 1.94. The first-order valence-electron chi connectivity index (χ1n) is 7.78. The van der Waals surface area contributed by atoms with Crippen LogP contribution in [0, 0.1) is 11.3 Å². The van der Waals surface area contributed by atoms with Crippen molar-refractivity contribution in [3.8, 4) is 6.07 Å². The maximum atomic E-state index is 12.3. The molecule has 2 aromatic carbocycles. The summed E-state index contributed by atoms with van der Waals surface area (Å²) >= 11 is 0. The molecule has 0 spiro atoms. The van der Waals surface area contributed by atoms with E-state index in [0.29, 0.717) is 16.8 Å². The van der Waals surface area contributed by atoms with E-state index in [1.54, 1.807) is 31.2 Å². The fraction of sp³-hybridized carbons (Fsp3) is 0.222. The first-order valence-corrected chi connectivity index (χ1v) is 9.27. The fourth-order valence-corrected chi connectivity index (χ4v) is 3.50. The third kappa shape index (κ3) is 5.13. The Balaban J connectivity index is 2.11. The molecule has 8 heteroatoms. The van der Waals surface area contributed by atoms with Gasteiger partial charge in [0.1, 0.15) is 0 Å². The molecule has 26 heavy (non-hydrogen) atoms. The Morgan fingerprint density at radius 3 is 2.54 bits per heavy atom. The van der Waals surface area contributed by atoms with E-state index >= 15 is 0 Å². The molecule has 0 heterocycles. The quantitative estimate of drug-likeness (QED) is 0.773. The molecule has 2 aromatic rings. The average molecular weight is 373 g/mol. The predicted molar refractivity (Wildman–Crippen MR) is 97.2 cm³/mol. The first kappa shape index (κ1) is 19.6. The summed E-state index contributed by atoms with van der Waals surface area (Å²) in [7, 11) is -2.20. The molecule has 0 radical (unpaired) electrons. The molecule has 0 aliphatic rings. The molecule has 0 bridgehead atoms. The second kappa shape index (κ2) is 8.58. The van der Waals surface area contributed by atoms with Gasteiger partial charge in [-0.3, -0.25) is 4.79 Å². The van der Waals surface area contributed by atoms with E-state index in [1.165, 1.54) is 31.4 Å². The number of sulfonamides is 1. The highest BCUT2D eigenvalue weighted by molar-refractivity contribution is 7.89. The summed E-state index contributed by atoms with van der Waals surface area (Å²) in [6.07, 6.45) is 0. The highest BCUT2D eigenvalue weighted by atomic mass is 32.2. The third-order valence-corrected chi connectivity index (χ3v) is 5.05. The number of methoxy groups -OCH3 is 1. The number of hydrogen-bond acceptors (Lipinski definition) is 5. The van der Waals surface area contributed by atoms with E-state index in [9.17, 15) is 13.2 Å². The van der Waals surface area contributed by atoms with Crippen LogP contribution in [0.1, 0.15) is 22.8 Å². The van der Waals surface area contributed by atoms with Crippen molar-refractivity contribution in [2.24, 2.45) is 0 Å². The minimum atomic E-state index is -3.69. The predicted octanol–water partition coefficient (Wildman–Crippen LogP) is 2.12. The van der Waals surface area contributed by atoms with Crippen molar-refractivity contribution in [2.45, 2.75) is 17.9 Å². The number of amides is 1. The molecule has 2 rings (SSSR count). The van der Waals surface area contributed by atoms with E-state index < -0.39 is 15.9 Å². The average Bonchev–Trinajstić information content (AvgIpc) is 2.61. The van der Waals surface area contributed by atoms with Crippen LogP contribution in [0.5, 0.6) is 0 Å². The normalized spacial score (nSPS) is 12.2. The molecule has 0 aromatic heterocycles. The zero-order valence-electron chi connectivity index (χ0n) is 14.4. The minimum Gasteiger partial charge on any atom is -0.383 e. The SMILES string of the molecule is COC[C@@H](C)NS(=O)(=O)c1ccc(C(=O)Nc2cccc(C#N)c2)cc1. The van der Waals surface area contributed by atoms with E-state index in [4.69, 9.17) is 10.00 Å². The molecular formula is C18H19N3O4S. The van der Waals surface area contributed by atoms with Crippen LogP contribution in [-0.4, -0.2) is 34.1 Å². The summed E-state index contributed by atoms with van der Waals surface area (Å²) in [5.41, 5.74) is 1.22. The highest BCUT2D eigenvalue weighted by Crippen LogP contribution is 2.14. The second-order valence-corrected chi connectivity index (χ2v) is 7.36. The van der Waals surface area contributed by atoms with Crippen molar-refractivity contribution in [3.05, 3.63) is 59.7 Å². The van der Waals surface area contributed by atoms with Crippen LogP contribution < -0.4 is 10.0 Å². The Labute approximate surface area is 152 Å². The van der Waals surface area contributed by atoms with Gasteiger partial charge in [0.05, 0.1) is 23.1 Å². The standard InChI is InChI=1S/C18H19N3O4S/c1-13(12-25-2)21-26(23,24)17-8-6-15(7-9-17)18(22)20-16-5-3-4-14(10-16)11-19/h3-10,13,21H,12H2,1-2H3,(H,20,22)/t13-/m1/s1. The van der Waals surface area contributed by atoms with Crippen LogP contribution >= 0.6 is 0 Å². The second-order valence-electron chi connectivity index (χ2n) is 5.65. The molecule has 1 amide bonds. The van der Waals surface area contributed by atoms with Gasteiger partial charge >= 0.3 is 0 Å². The van der Waals surface area contributed by atoms with Crippen molar-refractivity contribution in [3.63, 3.8) is 0 Å². The molecule has 1 atom stereocenters. The summed E-state index contributed by atoms with van der Waals surface area (Å²) in [6, 6.07) is 13.7. The summed E-state index contributed by atoms with van der Waals surface area (Å²) < 4.78 is 31.9. The number of ether oxygens (including phenoxy) is 1. The van der Waals surface area contributed by atoms with Crippen LogP contribution in [0.15, 0.2) is 53.4 Å². The minimum absolute atomic E-state index is 0.0588. The van der Waals surface area contributed by atoms with Crippen molar-refractivity contribution < 1.29 is 17.9 Å². The molecule has 0 saturated heterocycles. The van der Waals surface area contributed by atoms with Gasteiger partial charge in [0.15, 0.2) is 0 Å². The number of rotatable bonds is 7. The summed E-state index contributed by atoms with van der Waals surface area (Å²) in [5.74, 6) is -0.398. The number of nitrogens with zero attached hydrogens (tertiary/aromatic N) is 1. The van der Waals surface area contributed by atoms with Crippen LogP contribution in [0.2, 0.25) is 0 Å². The summed E-state index contributed by atoms with van der Waals surface area (Å²) in [4.78, 5) is 12.3. The van der Waals surface area contributed by atoms with Gasteiger partial charge in [-0.1, -0.05) is 6.07 Å². The number of benzene rings is 2. The molecule has 2 N–H and O–H groups in total. The van der Waals surface area contributed by atoms with Crippen molar-refractivity contribution in [1.29, 1.82) is 5.26 Å². The fourth-order valence-electron chi connectivity index (χ4n) is 2.27. The Bertz CT molecular complexity index is 918. The largest absolute Gasteiger partial charge is 0.383 e. The number of carbonyl (C=O) groups is 1. The van der Waals surface area contributed by atoms with Crippen LogP contribution in [-0.2, 0) is 14.8 Å². The van der Waals surface area contributed by atoms with Crippen molar-refractivity contribution in [2.75, 3.05) is 19.0 Å². The van der Waals surface area contributed by atoms with Gasteiger partial charge in [-0.15, -0.1) is 0 Å². The zero-order chi connectivity index (χ0) is 19.2. The molecular weight excluding hydrogens is 354 g/mol. The monoisotopic (exact) mass is 373 g/mol. The van der Waals surface area contributed by atoms with Gasteiger partial charge in [0.2, 0.25) is 10.0 Å².